The first-order valence-electron chi connectivity index (χ1n) is 7.38. The third kappa shape index (κ3) is 3.40. The molecule has 1 aromatic carbocycles. The van der Waals surface area contributed by atoms with Crippen molar-refractivity contribution in [3.8, 4) is 0 Å². The second-order valence-corrected chi connectivity index (χ2v) is 5.95. The van der Waals surface area contributed by atoms with Crippen molar-refractivity contribution in [3.63, 3.8) is 0 Å². The summed E-state index contributed by atoms with van der Waals surface area (Å²) in [5.41, 5.74) is 5.95. The van der Waals surface area contributed by atoms with E-state index in [-0.39, 0.29) is 12.5 Å². The Morgan fingerprint density at radius 2 is 1.90 bits per heavy atom. The van der Waals surface area contributed by atoms with E-state index in [0.717, 1.165) is 44.2 Å². The predicted octanol–water partition coefficient (Wildman–Crippen LogP) is 2.83. The van der Waals surface area contributed by atoms with Crippen LogP contribution in [0.5, 0.6) is 0 Å². The lowest BCUT2D eigenvalue weighted by Crippen LogP contribution is -2.47. The van der Waals surface area contributed by atoms with Crippen LogP contribution in [0.4, 0.5) is 8.78 Å². The van der Waals surface area contributed by atoms with Gasteiger partial charge in [0.05, 0.1) is 5.41 Å². The quantitative estimate of drug-likeness (QED) is 0.928. The summed E-state index contributed by atoms with van der Waals surface area (Å²) in [4.78, 5) is 14.3. The van der Waals surface area contributed by atoms with Crippen LogP contribution >= 0.6 is 0 Å². The molecule has 1 fully saturated rings. The fourth-order valence-electron chi connectivity index (χ4n) is 3.12. The molecule has 1 saturated carbocycles. The fraction of sp³-hybridized carbons (Fsp3) is 0.562. The maximum absolute atomic E-state index is 13.2. The second-order valence-electron chi connectivity index (χ2n) is 5.95. The van der Waals surface area contributed by atoms with Crippen molar-refractivity contribution in [1.29, 1.82) is 0 Å². The van der Waals surface area contributed by atoms with Gasteiger partial charge in [-0.3, -0.25) is 4.79 Å². The Bertz CT molecular complexity index is 513. The summed E-state index contributed by atoms with van der Waals surface area (Å²) in [6.45, 7) is 0.603. The topological polar surface area (TPSA) is 46.3 Å². The molecule has 0 spiro atoms. The van der Waals surface area contributed by atoms with E-state index in [1.165, 1.54) is 6.07 Å². The molecule has 116 valence electrons. The average molecular weight is 296 g/mol. The van der Waals surface area contributed by atoms with Gasteiger partial charge in [0.25, 0.3) is 0 Å². The van der Waals surface area contributed by atoms with Crippen LogP contribution in [0.2, 0.25) is 0 Å². The van der Waals surface area contributed by atoms with Crippen LogP contribution in [-0.2, 0) is 11.3 Å². The Balaban J connectivity index is 2.09. The highest BCUT2D eigenvalue weighted by atomic mass is 19.2. The molecule has 0 heterocycles. The summed E-state index contributed by atoms with van der Waals surface area (Å²) in [6, 6.07) is 3.72. The minimum Gasteiger partial charge on any atom is -0.341 e. The van der Waals surface area contributed by atoms with Crippen molar-refractivity contribution >= 4 is 5.91 Å². The van der Waals surface area contributed by atoms with Gasteiger partial charge >= 0.3 is 0 Å². The molecule has 1 aliphatic carbocycles. The van der Waals surface area contributed by atoms with Gasteiger partial charge in [-0.1, -0.05) is 25.3 Å². The zero-order chi connectivity index (χ0) is 15.5. The summed E-state index contributed by atoms with van der Waals surface area (Å²) in [5, 5.41) is 0. The number of carbonyl (C=O) groups excluding carboxylic acids is 1. The molecule has 0 aromatic heterocycles. The molecule has 2 rings (SSSR count). The number of carbonyl (C=O) groups is 1. The van der Waals surface area contributed by atoms with Crippen molar-refractivity contribution in [3.05, 3.63) is 35.4 Å². The summed E-state index contributed by atoms with van der Waals surface area (Å²) < 4.78 is 26.2. The maximum atomic E-state index is 13.2. The van der Waals surface area contributed by atoms with Crippen LogP contribution < -0.4 is 5.73 Å². The van der Waals surface area contributed by atoms with Gasteiger partial charge in [-0.25, -0.2) is 8.78 Å². The van der Waals surface area contributed by atoms with Gasteiger partial charge in [-0.2, -0.15) is 0 Å². The van der Waals surface area contributed by atoms with Crippen molar-refractivity contribution < 1.29 is 13.6 Å². The van der Waals surface area contributed by atoms with Crippen molar-refractivity contribution in [2.45, 2.75) is 38.6 Å². The lowest BCUT2D eigenvalue weighted by Gasteiger charge is -2.37. The normalized spacial score (nSPS) is 17.5. The lowest BCUT2D eigenvalue weighted by molar-refractivity contribution is -0.142. The van der Waals surface area contributed by atoms with Crippen molar-refractivity contribution in [1.82, 2.24) is 4.90 Å². The molecule has 1 amide bonds. The molecule has 0 radical (unpaired) electrons. The molecular weight excluding hydrogens is 274 g/mol. The van der Waals surface area contributed by atoms with Crippen LogP contribution in [0.15, 0.2) is 18.2 Å². The van der Waals surface area contributed by atoms with Gasteiger partial charge in [-0.15, -0.1) is 0 Å². The van der Waals surface area contributed by atoms with Gasteiger partial charge in [-0.05, 0) is 30.5 Å². The zero-order valence-electron chi connectivity index (χ0n) is 12.4. The molecule has 0 unspecified atom stereocenters. The van der Waals surface area contributed by atoms with Crippen molar-refractivity contribution in [2.24, 2.45) is 11.1 Å². The van der Waals surface area contributed by atoms with Crippen LogP contribution in [0.3, 0.4) is 0 Å². The number of benzene rings is 1. The summed E-state index contributed by atoms with van der Waals surface area (Å²) in [7, 11) is 1.69. The SMILES string of the molecule is CN(Cc1ccc(F)c(F)c1)C(=O)C1(CN)CCCCC1. The Labute approximate surface area is 124 Å². The molecule has 0 aliphatic heterocycles. The van der Waals surface area contributed by atoms with Gasteiger partial charge in [0.2, 0.25) is 5.91 Å². The van der Waals surface area contributed by atoms with Crippen LogP contribution in [0.25, 0.3) is 0 Å². The van der Waals surface area contributed by atoms with E-state index in [9.17, 15) is 13.6 Å². The van der Waals surface area contributed by atoms with Gasteiger partial charge in [0, 0.05) is 20.1 Å². The zero-order valence-corrected chi connectivity index (χ0v) is 12.4. The van der Waals surface area contributed by atoms with Gasteiger partial charge < -0.3 is 10.6 Å². The summed E-state index contributed by atoms with van der Waals surface area (Å²) >= 11 is 0. The molecule has 1 aliphatic rings. The number of hydrogen-bond acceptors (Lipinski definition) is 2. The maximum Gasteiger partial charge on any atom is 0.230 e. The third-order valence-electron chi connectivity index (χ3n) is 4.41. The molecule has 1 aromatic rings. The Kier molecular flexibility index (Phi) is 4.93. The smallest absolute Gasteiger partial charge is 0.230 e. The number of amides is 1. The van der Waals surface area contributed by atoms with E-state index in [2.05, 4.69) is 0 Å². The molecule has 0 bridgehead atoms. The molecule has 2 N–H and O–H groups in total. The van der Waals surface area contributed by atoms with Gasteiger partial charge in [0.1, 0.15) is 0 Å². The number of nitrogens with two attached hydrogens (primary N) is 1. The fourth-order valence-corrected chi connectivity index (χ4v) is 3.12. The van der Waals surface area contributed by atoms with E-state index < -0.39 is 17.0 Å². The first-order valence-corrected chi connectivity index (χ1v) is 7.38. The van der Waals surface area contributed by atoms with E-state index in [1.54, 1.807) is 11.9 Å². The van der Waals surface area contributed by atoms with E-state index in [4.69, 9.17) is 5.73 Å². The second kappa shape index (κ2) is 6.52. The van der Waals surface area contributed by atoms with E-state index >= 15 is 0 Å². The average Bonchev–Trinajstić information content (AvgIpc) is 2.50. The number of rotatable bonds is 4. The first kappa shape index (κ1) is 15.9. The molecule has 0 atom stereocenters. The third-order valence-corrected chi connectivity index (χ3v) is 4.41. The number of nitrogens with zero attached hydrogens (tertiary/aromatic N) is 1. The Morgan fingerprint density at radius 1 is 1.24 bits per heavy atom. The van der Waals surface area contributed by atoms with E-state index in [1.807, 2.05) is 0 Å². The van der Waals surface area contributed by atoms with Gasteiger partial charge in [0.15, 0.2) is 11.6 Å². The largest absolute Gasteiger partial charge is 0.341 e. The highest BCUT2D eigenvalue weighted by molar-refractivity contribution is 5.83. The number of hydrogen-bond donors (Lipinski definition) is 1. The molecule has 21 heavy (non-hydrogen) atoms. The number of halogens is 2. The predicted molar refractivity (Wildman–Crippen MR) is 77.4 cm³/mol. The standard InChI is InChI=1S/C16H22F2N2O/c1-20(10-12-5-6-13(17)14(18)9-12)15(21)16(11-19)7-3-2-4-8-16/h5-6,9H,2-4,7-8,10-11,19H2,1H3. The Hall–Kier alpha value is -1.49. The molecule has 3 nitrogen and oxygen atoms in total. The van der Waals surface area contributed by atoms with Crippen LogP contribution in [-0.4, -0.2) is 24.4 Å². The minimum atomic E-state index is -0.889. The Morgan fingerprint density at radius 3 is 2.48 bits per heavy atom. The molecule has 5 heteroatoms. The monoisotopic (exact) mass is 296 g/mol. The highest BCUT2D eigenvalue weighted by Crippen LogP contribution is 2.37. The molecule has 0 saturated heterocycles. The van der Waals surface area contributed by atoms with Crippen molar-refractivity contribution in [2.75, 3.05) is 13.6 Å². The minimum absolute atomic E-state index is 0.00873. The van der Waals surface area contributed by atoms with E-state index in [0.29, 0.717) is 12.1 Å². The molecular formula is C16H22F2N2O. The lowest BCUT2D eigenvalue weighted by atomic mass is 9.73. The first-order chi connectivity index (χ1) is 9.98. The summed E-state index contributed by atoms with van der Waals surface area (Å²) in [6.07, 6.45) is 4.79. The summed E-state index contributed by atoms with van der Waals surface area (Å²) in [5.74, 6) is -1.76. The van der Waals surface area contributed by atoms with Crippen LogP contribution in [0.1, 0.15) is 37.7 Å². The highest BCUT2D eigenvalue weighted by Gasteiger charge is 2.39. The van der Waals surface area contributed by atoms with Crippen LogP contribution in [0, 0.1) is 17.0 Å².